The quantitative estimate of drug-likeness (QED) is 0.830. The molecule has 0 aromatic heterocycles. The number of hydrogen-bond acceptors (Lipinski definition) is 3. The summed E-state index contributed by atoms with van der Waals surface area (Å²) in [4.78, 5) is 29.4. The Morgan fingerprint density at radius 1 is 1.12 bits per heavy atom. The highest BCUT2D eigenvalue weighted by Gasteiger charge is 2.50. The number of hydrogen-bond donors (Lipinski definition) is 0. The summed E-state index contributed by atoms with van der Waals surface area (Å²) >= 11 is 0. The fourth-order valence-corrected chi connectivity index (χ4v) is 4.53. The van der Waals surface area contributed by atoms with Gasteiger partial charge in [-0.3, -0.25) is 4.79 Å². The molecule has 0 unspecified atom stereocenters. The third-order valence-corrected chi connectivity index (χ3v) is 6.34. The summed E-state index contributed by atoms with van der Waals surface area (Å²) in [6.07, 6.45) is 6.24. The molecule has 3 fully saturated rings. The van der Waals surface area contributed by atoms with Crippen LogP contribution in [-0.2, 0) is 16.1 Å². The highest BCUT2D eigenvalue weighted by atomic mass is 16.6. The van der Waals surface area contributed by atoms with Crippen LogP contribution in [0.2, 0.25) is 0 Å². The molecule has 3 aliphatic rings. The van der Waals surface area contributed by atoms with Gasteiger partial charge >= 0.3 is 6.09 Å². The number of carbonyl (C=O) groups is 2. The van der Waals surface area contributed by atoms with E-state index in [1.807, 2.05) is 30.3 Å². The summed E-state index contributed by atoms with van der Waals surface area (Å²) in [5.41, 5.74) is 0.614. The first-order valence-corrected chi connectivity index (χ1v) is 9.91. The fraction of sp³-hybridized carbons (Fsp3) is 0.619. The third-order valence-electron chi connectivity index (χ3n) is 6.34. The summed E-state index contributed by atoms with van der Waals surface area (Å²) in [6.45, 7) is 3.22. The highest BCUT2D eigenvalue weighted by Crippen LogP contribution is 2.41. The second kappa shape index (κ2) is 7.29. The Morgan fingerprint density at radius 2 is 1.92 bits per heavy atom. The van der Waals surface area contributed by atoms with Crippen LogP contribution in [0.25, 0.3) is 0 Å². The Kier molecular flexibility index (Phi) is 4.88. The van der Waals surface area contributed by atoms with Crippen LogP contribution in [-0.4, -0.2) is 48.0 Å². The molecule has 1 aromatic carbocycles. The zero-order valence-electron chi connectivity index (χ0n) is 15.4. The minimum atomic E-state index is -0.367. The van der Waals surface area contributed by atoms with Gasteiger partial charge in [0.2, 0.25) is 5.91 Å². The summed E-state index contributed by atoms with van der Waals surface area (Å²) in [7, 11) is 0. The van der Waals surface area contributed by atoms with E-state index < -0.39 is 0 Å². The van der Waals surface area contributed by atoms with Gasteiger partial charge in [-0.25, -0.2) is 4.79 Å². The molecule has 1 aromatic rings. The molecule has 26 heavy (non-hydrogen) atoms. The van der Waals surface area contributed by atoms with Gasteiger partial charge in [0, 0.05) is 26.2 Å². The topological polar surface area (TPSA) is 49.9 Å². The summed E-state index contributed by atoms with van der Waals surface area (Å²) < 4.78 is 5.46. The molecule has 1 aliphatic carbocycles. The van der Waals surface area contributed by atoms with Gasteiger partial charge < -0.3 is 14.5 Å². The Bertz CT molecular complexity index is 658. The number of carbonyl (C=O) groups excluding carboxylic acids is 2. The van der Waals surface area contributed by atoms with E-state index in [0.29, 0.717) is 19.0 Å². The van der Waals surface area contributed by atoms with Crippen molar-refractivity contribution in [2.45, 2.75) is 45.1 Å². The molecular formula is C21H28N2O3. The lowest BCUT2D eigenvalue weighted by Crippen LogP contribution is -2.52. The molecular weight excluding hydrogens is 328 g/mol. The third kappa shape index (κ3) is 3.44. The van der Waals surface area contributed by atoms with Crippen LogP contribution < -0.4 is 0 Å². The van der Waals surface area contributed by atoms with Gasteiger partial charge in [-0.15, -0.1) is 0 Å². The molecule has 2 aliphatic heterocycles. The van der Waals surface area contributed by atoms with Crippen molar-refractivity contribution in [1.82, 2.24) is 9.80 Å². The van der Waals surface area contributed by atoms with Gasteiger partial charge in [0.1, 0.15) is 6.61 Å². The molecule has 4 rings (SSSR count). The van der Waals surface area contributed by atoms with Crippen molar-refractivity contribution in [1.29, 1.82) is 0 Å². The van der Waals surface area contributed by atoms with Gasteiger partial charge in [0.15, 0.2) is 0 Å². The zero-order valence-corrected chi connectivity index (χ0v) is 15.4. The van der Waals surface area contributed by atoms with E-state index in [1.165, 1.54) is 19.3 Å². The van der Waals surface area contributed by atoms with Gasteiger partial charge in [-0.2, -0.15) is 0 Å². The smallest absolute Gasteiger partial charge is 0.410 e. The fourth-order valence-electron chi connectivity index (χ4n) is 4.53. The highest BCUT2D eigenvalue weighted by molar-refractivity contribution is 5.85. The summed E-state index contributed by atoms with van der Waals surface area (Å²) in [5, 5.41) is 0. The molecule has 0 bridgehead atoms. The molecule has 2 amide bonds. The molecule has 140 valence electrons. The average Bonchev–Trinajstić information content (AvgIpc) is 3.06. The van der Waals surface area contributed by atoms with Crippen LogP contribution in [0.15, 0.2) is 30.3 Å². The van der Waals surface area contributed by atoms with Crippen molar-refractivity contribution in [3.63, 3.8) is 0 Å². The van der Waals surface area contributed by atoms with E-state index in [-0.39, 0.29) is 24.0 Å². The number of benzene rings is 1. The first-order chi connectivity index (χ1) is 12.7. The predicted molar refractivity (Wildman–Crippen MR) is 98.4 cm³/mol. The molecule has 0 N–H and O–H groups in total. The Hall–Kier alpha value is -2.04. The summed E-state index contributed by atoms with van der Waals surface area (Å²) in [6, 6.07) is 9.71. The van der Waals surface area contributed by atoms with Crippen molar-refractivity contribution < 1.29 is 14.3 Å². The van der Waals surface area contributed by atoms with E-state index in [0.717, 1.165) is 37.9 Å². The van der Waals surface area contributed by atoms with Crippen molar-refractivity contribution in [3.8, 4) is 0 Å². The Labute approximate surface area is 155 Å². The van der Waals surface area contributed by atoms with Crippen LogP contribution in [0.5, 0.6) is 0 Å². The first kappa shape index (κ1) is 17.4. The molecule has 5 heteroatoms. The number of nitrogens with zero attached hydrogens (tertiary/aromatic N) is 2. The predicted octanol–water partition coefficient (Wildman–Crippen LogP) is 3.44. The largest absolute Gasteiger partial charge is 0.445 e. The number of ether oxygens (including phenoxy) is 1. The van der Waals surface area contributed by atoms with Gasteiger partial charge in [-0.1, -0.05) is 36.8 Å². The average molecular weight is 356 g/mol. The molecule has 5 nitrogen and oxygen atoms in total. The van der Waals surface area contributed by atoms with Gasteiger partial charge in [-0.05, 0) is 43.6 Å². The Balaban J connectivity index is 1.34. The van der Waals surface area contributed by atoms with Crippen LogP contribution in [0.1, 0.15) is 44.1 Å². The number of rotatable bonds is 4. The van der Waals surface area contributed by atoms with E-state index in [2.05, 4.69) is 4.90 Å². The maximum Gasteiger partial charge on any atom is 0.410 e. The van der Waals surface area contributed by atoms with E-state index in [4.69, 9.17) is 4.74 Å². The molecule has 2 heterocycles. The molecule has 0 radical (unpaired) electrons. The maximum atomic E-state index is 13.1. The number of amides is 2. The van der Waals surface area contributed by atoms with Crippen LogP contribution in [0, 0.1) is 11.3 Å². The monoisotopic (exact) mass is 356 g/mol. The van der Waals surface area contributed by atoms with Crippen molar-refractivity contribution in [3.05, 3.63) is 35.9 Å². The zero-order chi connectivity index (χ0) is 18.0. The lowest BCUT2D eigenvalue weighted by Gasteiger charge is -2.42. The molecule has 2 saturated heterocycles. The molecule has 1 spiro atoms. The minimum absolute atomic E-state index is 0.272. The van der Waals surface area contributed by atoms with Crippen molar-refractivity contribution >= 4 is 12.0 Å². The standard InChI is InChI=1S/C21H28N2O3/c24-19-21(10-5-12-22(19)14-17-8-4-9-17)11-13-23(16-21)20(25)26-15-18-6-2-1-3-7-18/h1-3,6-7,17H,4-5,8-16H2/t21-/m1/s1. The van der Waals surface area contributed by atoms with Crippen LogP contribution in [0.4, 0.5) is 4.79 Å². The second-order valence-corrected chi connectivity index (χ2v) is 8.14. The second-order valence-electron chi connectivity index (χ2n) is 8.14. The van der Waals surface area contributed by atoms with Gasteiger partial charge in [0.05, 0.1) is 5.41 Å². The Morgan fingerprint density at radius 3 is 2.65 bits per heavy atom. The van der Waals surface area contributed by atoms with E-state index in [9.17, 15) is 9.59 Å². The minimum Gasteiger partial charge on any atom is -0.445 e. The van der Waals surface area contributed by atoms with Crippen molar-refractivity contribution in [2.75, 3.05) is 26.2 Å². The van der Waals surface area contributed by atoms with E-state index >= 15 is 0 Å². The first-order valence-electron chi connectivity index (χ1n) is 9.91. The van der Waals surface area contributed by atoms with Gasteiger partial charge in [0.25, 0.3) is 0 Å². The van der Waals surface area contributed by atoms with Crippen molar-refractivity contribution in [2.24, 2.45) is 11.3 Å². The summed E-state index contributed by atoms with van der Waals surface area (Å²) in [5.74, 6) is 0.969. The van der Waals surface area contributed by atoms with Crippen LogP contribution >= 0.6 is 0 Å². The number of likely N-dealkylation sites (tertiary alicyclic amines) is 2. The number of piperidine rings is 1. The lowest BCUT2D eigenvalue weighted by molar-refractivity contribution is -0.146. The lowest BCUT2D eigenvalue weighted by atomic mass is 9.77. The van der Waals surface area contributed by atoms with E-state index in [1.54, 1.807) is 4.90 Å². The normalized spacial score (nSPS) is 26.2. The van der Waals surface area contributed by atoms with Crippen LogP contribution in [0.3, 0.4) is 0 Å². The molecule has 1 saturated carbocycles. The maximum absolute atomic E-state index is 13.1. The molecule has 1 atom stereocenters. The SMILES string of the molecule is O=C(OCc1ccccc1)N1CC[C@]2(CCCN(CC3CCC3)C2=O)C1.